The van der Waals surface area contributed by atoms with Crippen molar-refractivity contribution in [1.29, 1.82) is 0 Å². The molecule has 0 aliphatic heterocycles. The smallest absolute Gasteiger partial charge is 0.126 e. The summed E-state index contributed by atoms with van der Waals surface area (Å²) < 4.78 is 18.4. The number of methoxy groups -OCH3 is 1. The van der Waals surface area contributed by atoms with Crippen molar-refractivity contribution in [2.24, 2.45) is 0 Å². The SMILES string of the molecule is COCC(Nc1c(Cl)cc(F)cc1Cl)c1ccccc1. The van der Waals surface area contributed by atoms with E-state index in [2.05, 4.69) is 5.32 Å². The molecule has 1 atom stereocenters. The van der Waals surface area contributed by atoms with E-state index in [1.165, 1.54) is 12.1 Å². The molecule has 20 heavy (non-hydrogen) atoms. The molecule has 2 rings (SSSR count). The number of halogens is 3. The maximum Gasteiger partial charge on any atom is 0.126 e. The maximum atomic E-state index is 13.2. The summed E-state index contributed by atoms with van der Waals surface area (Å²) in [6.07, 6.45) is 0. The highest BCUT2D eigenvalue weighted by atomic mass is 35.5. The summed E-state index contributed by atoms with van der Waals surface area (Å²) in [5.41, 5.74) is 1.53. The number of rotatable bonds is 5. The average Bonchev–Trinajstić information content (AvgIpc) is 2.42. The molecule has 1 unspecified atom stereocenters. The van der Waals surface area contributed by atoms with E-state index in [1.807, 2.05) is 30.3 Å². The van der Waals surface area contributed by atoms with Crippen molar-refractivity contribution in [3.05, 3.63) is 63.9 Å². The zero-order chi connectivity index (χ0) is 14.5. The fraction of sp³-hybridized carbons (Fsp3) is 0.200. The van der Waals surface area contributed by atoms with Crippen molar-refractivity contribution in [3.63, 3.8) is 0 Å². The van der Waals surface area contributed by atoms with Gasteiger partial charge >= 0.3 is 0 Å². The van der Waals surface area contributed by atoms with E-state index in [4.69, 9.17) is 27.9 Å². The van der Waals surface area contributed by atoms with E-state index >= 15 is 0 Å². The number of nitrogens with one attached hydrogen (secondary N) is 1. The Morgan fingerprint density at radius 2 is 1.75 bits per heavy atom. The zero-order valence-corrected chi connectivity index (χ0v) is 12.4. The summed E-state index contributed by atoms with van der Waals surface area (Å²) in [5.74, 6) is -0.464. The Kier molecular flexibility index (Phi) is 5.24. The Morgan fingerprint density at radius 3 is 2.30 bits per heavy atom. The maximum absolute atomic E-state index is 13.2. The first kappa shape index (κ1) is 15.1. The van der Waals surface area contributed by atoms with Crippen LogP contribution >= 0.6 is 23.2 Å². The van der Waals surface area contributed by atoms with Crippen molar-refractivity contribution in [2.75, 3.05) is 19.0 Å². The van der Waals surface area contributed by atoms with E-state index in [1.54, 1.807) is 7.11 Å². The minimum Gasteiger partial charge on any atom is -0.382 e. The van der Waals surface area contributed by atoms with Gasteiger partial charge in [-0.1, -0.05) is 53.5 Å². The highest BCUT2D eigenvalue weighted by Gasteiger charge is 2.15. The van der Waals surface area contributed by atoms with Gasteiger partial charge in [-0.25, -0.2) is 4.39 Å². The van der Waals surface area contributed by atoms with Crippen molar-refractivity contribution in [2.45, 2.75) is 6.04 Å². The molecule has 0 spiro atoms. The van der Waals surface area contributed by atoms with Gasteiger partial charge in [0.15, 0.2) is 0 Å². The van der Waals surface area contributed by atoms with Crippen LogP contribution in [0, 0.1) is 5.82 Å². The monoisotopic (exact) mass is 313 g/mol. The predicted octanol–water partition coefficient (Wildman–Crippen LogP) is 4.93. The second-order valence-corrected chi connectivity index (χ2v) is 5.12. The lowest BCUT2D eigenvalue weighted by Crippen LogP contribution is -2.16. The van der Waals surface area contributed by atoms with Crippen LogP contribution in [0.5, 0.6) is 0 Å². The van der Waals surface area contributed by atoms with Gasteiger partial charge in [0, 0.05) is 7.11 Å². The summed E-state index contributed by atoms with van der Waals surface area (Å²) in [5, 5.41) is 3.69. The summed E-state index contributed by atoms with van der Waals surface area (Å²) in [4.78, 5) is 0. The van der Waals surface area contributed by atoms with Gasteiger partial charge in [-0.05, 0) is 17.7 Å². The van der Waals surface area contributed by atoms with Crippen molar-refractivity contribution < 1.29 is 9.13 Å². The third-order valence-corrected chi connectivity index (χ3v) is 3.46. The second kappa shape index (κ2) is 6.93. The Morgan fingerprint density at radius 1 is 1.15 bits per heavy atom. The molecule has 2 nitrogen and oxygen atoms in total. The first-order valence-corrected chi connectivity index (χ1v) is 6.82. The number of anilines is 1. The first-order valence-electron chi connectivity index (χ1n) is 6.06. The third-order valence-electron chi connectivity index (χ3n) is 2.86. The fourth-order valence-corrected chi connectivity index (χ4v) is 2.50. The van der Waals surface area contributed by atoms with Crippen LogP contribution in [-0.4, -0.2) is 13.7 Å². The van der Waals surface area contributed by atoms with E-state index in [9.17, 15) is 4.39 Å². The highest BCUT2D eigenvalue weighted by molar-refractivity contribution is 6.39. The fourth-order valence-electron chi connectivity index (χ4n) is 1.93. The molecule has 0 saturated heterocycles. The summed E-state index contributed by atoms with van der Waals surface area (Å²) in [6.45, 7) is 0.439. The zero-order valence-electron chi connectivity index (χ0n) is 10.9. The minimum atomic E-state index is -0.464. The van der Waals surface area contributed by atoms with Gasteiger partial charge in [0.25, 0.3) is 0 Å². The molecule has 1 N–H and O–H groups in total. The molecule has 0 aromatic heterocycles. The van der Waals surface area contributed by atoms with Gasteiger partial charge in [0.1, 0.15) is 5.82 Å². The lowest BCUT2D eigenvalue weighted by atomic mass is 10.1. The number of hydrogen-bond donors (Lipinski definition) is 1. The molecule has 0 saturated carbocycles. The lowest BCUT2D eigenvalue weighted by molar-refractivity contribution is 0.186. The second-order valence-electron chi connectivity index (χ2n) is 4.31. The molecule has 2 aromatic carbocycles. The largest absolute Gasteiger partial charge is 0.382 e. The van der Waals surface area contributed by atoms with E-state index in [0.29, 0.717) is 12.3 Å². The molecule has 0 aliphatic carbocycles. The standard InChI is InChI=1S/C15H14Cl2FNO/c1-20-9-14(10-5-3-2-4-6-10)19-15-12(16)7-11(18)8-13(15)17/h2-8,14,19H,9H2,1H3. The molecule has 0 heterocycles. The van der Waals surface area contributed by atoms with Gasteiger partial charge in [0.2, 0.25) is 0 Å². The molecular formula is C15H14Cl2FNO. The van der Waals surface area contributed by atoms with E-state index in [-0.39, 0.29) is 16.1 Å². The molecule has 2 aromatic rings. The first-order chi connectivity index (χ1) is 9.61. The van der Waals surface area contributed by atoms with Crippen LogP contribution in [0.15, 0.2) is 42.5 Å². The molecule has 0 aliphatic rings. The number of ether oxygens (including phenoxy) is 1. The van der Waals surface area contributed by atoms with E-state index in [0.717, 1.165) is 5.56 Å². The van der Waals surface area contributed by atoms with Crippen LogP contribution in [-0.2, 0) is 4.74 Å². The molecule has 5 heteroatoms. The topological polar surface area (TPSA) is 21.3 Å². The van der Waals surface area contributed by atoms with Crippen molar-refractivity contribution in [3.8, 4) is 0 Å². The van der Waals surface area contributed by atoms with Crippen LogP contribution in [0.1, 0.15) is 11.6 Å². The van der Waals surface area contributed by atoms with Crippen molar-refractivity contribution in [1.82, 2.24) is 0 Å². The Labute approximate surface area is 127 Å². The van der Waals surface area contributed by atoms with Crippen LogP contribution in [0.4, 0.5) is 10.1 Å². The van der Waals surface area contributed by atoms with Gasteiger partial charge in [-0.3, -0.25) is 0 Å². The van der Waals surface area contributed by atoms with E-state index < -0.39 is 5.82 Å². The normalized spacial score (nSPS) is 12.2. The van der Waals surface area contributed by atoms with Crippen LogP contribution in [0.25, 0.3) is 0 Å². The van der Waals surface area contributed by atoms with Gasteiger partial charge in [-0.2, -0.15) is 0 Å². The Bertz CT molecular complexity index is 554. The van der Waals surface area contributed by atoms with Crippen LogP contribution < -0.4 is 5.32 Å². The highest BCUT2D eigenvalue weighted by Crippen LogP contribution is 2.34. The molecule has 0 amide bonds. The lowest BCUT2D eigenvalue weighted by Gasteiger charge is -2.21. The minimum absolute atomic E-state index is 0.123. The average molecular weight is 314 g/mol. The molecule has 0 fully saturated rings. The van der Waals surface area contributed by atoms with Crippen molar-refractivity contribution >= 4 is 28.9 Å². The quantitative estimate of drug-likeness (QED) is 0.844. The molecule has 106 valence electrons. The summed E-state index contributed by atoms with van der Waals surface area (Å²) in [6, 6.07) is 12.1. The van der Waals surface area contributed by atoms with Crippen LogP contribution in [0.2, 0.25) is 10.0 Å². The summed E-state index contributed by atoms with van der Waals surface area (Å²) in [7, 11) is 1.62. The third kappa shape index (κ3) is 3.63. The molecular weight excluding hydrogens is 300 g/mol. The molecule has 0 radical (unpaired) electrons. The summed E-state index contributed by atoms with van der Waals surface area (Å²) >= 11 is 12.1. The number of benzene rings is 2. The Balaban J connectivity index is 2.30. The van der Waals surface area contributed by atoms with Gasteiger partial charge in [0.05, 0.1) is 28.4 Å². The Hall–Kier alpha value is -1.29. The van der Waals surface area contributed by atoms with Gasteiger partial charge < -0.3 is 10.1 Å². The number of hydrogen-bond acceptors (Lipinski definition) is 2. The van der Waals surface area contributed by atoms with Gasteiger partial charge in [-0.15, -0.1) is 0 Å². The predicted molar refractivity (Wildman–Crippen MR) is 81.1 cm³/mol. The molecule has 0 bridgehead atoms. The van der Waals surface area contributed by atoms with Crippen LogP contribution in [0.3, 0.4) is 0 Å².